The Kier molecular flexibility index (Phi) is 3.25. The molecule has 1 saturated heterocycles. The number of benzene rings is 1. The van der Waals surface area contributed by atoms with Gasteiger partial charge in [-0.1, -0.05) is 18.2 Å². The molecule has 1 aliphatic heterocycles. The highest BCUT2D eigenvalue weighted by atomic mass is 79.9. The van der Waals surface area contributed by atoms with E-state index in [2.05, 4.69) is 20.9 Å². The first kappa shape index (κ1) is 13.2. The zero-order valence-electron chi connectivity index (χ0n) is 10.6. The van der Waals surface area contributed by atoms with Gasteiger partial charge in [0.1, 0.15) is 11.7 Å². The van der Waals surface area contributed by atoms with Gasteiger partial charge in [-0.15, -0.1) is 0 Å². The Morgan fingerprint density at radius 1 is 1.35 bits per heavy atom. The number of aromatic amines is 1. The number of hydrogen-bond donors (Lipinski definition) is 2. The van der Waals surface area contributed by atoms with Crippen LogP contribution in [0.5, 0.6) is 0 Å². The summed E-state index contributed by atoms with van der Waals surface area (Å²) < 4.78 is 0.689. The molecule has 0 aliphatic carbocycles. The molecule has 0 radical (unpaired) electrons. The van der Waals surface area contributed by atoms with Crippen molar-refractivity contribution in [2.75, 3.05) is 6.54 Å². The minimum Gasteiger partial charge on any atom is -0.480 e. The fraction of sp³-hybridized carbons (Fsp3) is 0.286. The predicted molar refractivity (Wildman–Crippen MR) is 77.7 cm³/mol. The number of H-pyrrole nitrogens is 1. The number of nitrogens with one attached hydrogen (secondary N) is 1. The van der Waals surface area contributed by atoms with Crippen molar-refractivity contribution in [1.82, 2.24) is 9.88 Å². The van der Waals surface area contributed by atoms with Crippen LogP contribution in [0.25, 0.3) is 10.9 Å². The third-order valence-corrected chi connectivity index (χ3v) is 4.48. The second-order valence-corrected chi connectivity index (χ2v) is 5.65. The number of aromatic nitrogens is 1. The molecule has 2 heterocycles. The molecule has 3 rings (SSSR count). The third-order valence-electron chi connectivity index (χ3n) is 3.66. The van der Waals surface area contributed by atoms with Crippen LogP contribution in [0.3, 0.4) is 0 Å². The number of para-hydroxylation sites is 1. The van der Waals surface area contributed by atoms with Crippen molar-refractivity contribution in [1.29, 1.82) is 0 Å². The molecule has 20 heavy (non-hydrogen) atoms. The monoisotopic (exact) mass is 336 g/mol. The van der Waals surface area contributed by atoms with Gasteiger partial charge in [0.05, 0.1) is 4.47 Å². The number of nitrogens with zero attached hydrogens (tertiary/aromatic N) is 1. The van der Waals surface area contributed by atoms with E-state index in [1.54, 1.807) is 0 Å². The Bertz CT molecular complexity index is 695. The molecule has 104 valence electrons. The molecule has 2 aromatic rings. The number of rotatable bonds is 2. The van der Waals surface area contributed by atoms with E-state index in [0.717, 1.165) is 17.3 Å². The maximum atomic E-state index is 12.6. The van der Waals surface area contributed by atoms with Crippen LogP contribution in [0.15, 0.2) is 28.7 Å². The van der Waals surface area contributed by atoms with Crippen molar-refractivity contribution in [2.45, 2.75) is 18.9 Å². The van der Waals surface area contributed by atoms with E-state index in [9.17, 15) is 14.7 Å². The first-order valence-corrected chi connectivity index (χ1v) is 7.19. The topological polar surface area (TPSA) is 73.4 Å². The Balaban J connectivity index is 2.00. The summed E-state index contributed by atoms with van der Waals surface area (Å²) in [6.07, 6.45) is 1.24. The van der Waals surface area contributed by atoms with E-state index in [4.69, 9.17) is 0 Å². The predicted octanol–water partition coefficient (Wildman–Crippen LogP) is 2.62. The van der Waals surface area contributed by atoms with Crippen LogP contribution >= 0.6 is 15.9 Å². The SMILES string of the molecule is O=C(O)[C@H]1CCCN1C(=O)c1[nH]c2ccccc2c1Br. The van der Waals surface area contributed by atoms with Gasteiger partial charge in [0.2, 0.25) is 0 Å². The second-order valence-electron chi connectivity index (χ2n) is 4.85. The van der Waals surface area contributed by atoms with E-state index in [-0.39, 0.29) is 5.91 Å². The summed E-state index contributed by atoms with van der Waals surface area (Å²) in [7, 11) is 0. The third kappa shape index (κ3) is 2.00. The molecular formula is C14H13BrN2O3. The highest BCUT2D eigenvalue weighted by Crippen LogP contribution is 2.30. The Morgan fingerprint density at radius 3 is 2.80 bits per heavy atom. The van der Waals surface area contributed by atoms with Gasteiger partial charge in [0.15, 0.2) is 0 Å². The number of carboxylic acids is 1. The molecule has 6 heteroatoms. The normalized spacial score (nSPS) is 18.6. The molecule has 1 aromatic heterocycles. The summed E-state index contributed by atoms with van der Waals surface area (Å²) in [5.41, 5.74) is 1.27. The average molecular weight is 337 g/mol. The number of amides is 1. The lowest BCUT2D eigenvalue weighted by molar-refractivity contribution is -0.141. The number of hydrogen-bond acceptors (Lipinski definition) is 2. The van der Waals surface area contributed by atoms with Crippen LogP contribution < -0.4 is 0 Å². The first-order valence-electron chi connectivity index (χ1n) is 6.39. The van der Waals surface area contributed by atoms with Gasteiger partial charge in [-0.25, -0.2) is 4.79 Å². The maximum absolute atomic E-state index is 12.6. The molecule has 1 atom stereocenters. The van der Waals surface area contributed by atoms with E-state index in [0.29, 0.717) is 23.1 Å². The summed E-state index contributed by atoms with van der Waals surface area (Å²) >= 11 is 3.43. The lowest BCUT2D eigenvalue weighted by Crippen LogP contribution is -2.40. The van der Waals surface area contributed by atoms with Gasteiger partial charge in [-0.05, 0) is 34.8 Å². The second kappa shape index (κ2) is 4.94. The molecule has 1 amide bonds. The van der Waals surface area contributed by atoms with Gasteiger partial charge in [0, 0.05) is 17.4 Å². The molecule has 0 spiro atoms. The van der Waals surface area contributed by atoms with Crippen molar-refractivity contribution in [3.8, 4) is 0 Å². The smallest absolute Gasteiger partial charge is 0.326 e. The zero-order chi connectivity index (χ0) is 14.3. The number of likely N-dealkylation sites (tertiary alicyclic amines) is 1. The number of fused-ring (bicyclic) bond motifs is 1. The summed E-state index contributed by atoms with van der Waals surface area (Å²) in [5.74, 6) is -1.21. The van der Waals surface area contributed by atoms with Crippen molar-refractivity contribution in [3.63, 3.8) is 0 Å². The zero-order valence-corrected chi connectivity index (χ0v) is 12.2. The molecular weight excluding hydrogens is 324 g/mol. The molecule has 1 aromatic carbocycles. The summed E-state index contributed by atoms with van der Waals surface area (Å²) in [6, 6.07) is 6.85. The average Bonchev–Trinajstić information content (AvgIpc) is 3.04. The summed E-state index contributed by atoms with van der Waals surface area (Å²) in [4.78, 5) is 28.2. The van der Waals surface area contributed by atoms with Gasteiger partial charge in [-0.3, -0.25) is 4.79 Å². The summed E-state index contributed by atoms with van der Waals surface area (Å²) in [5, 5.41) is 10.1. The van der Waals surface area contributed by atoms with Gasteiger partial charge >= 0.3 is 5.97 Å². The molecule has 1 aliphatic rings. The Morgan fingerprint density at radius 2 is 2.10 bits per heavy atom. The highest BCUT2D eigenvalue weighted by molar-refractivity contribution is 9.10. The fourth-order valence-corrected chi connectivity index (χ4v) is 3.28. The number of carbonyl (C=O) groups excluding carboxylic acids is 1. The van der Waals surface area contributed by atoms with Crippen LogP contribution in [0.4, 0.5) is 0 Å². The number of aliphatic carboxylic acids is 1. The Labute approximate surface area is 123 Å². The van der Waals surface area contributed by atoms with Crippen LogP contribution in [-0.4, -0.2) is 39.5 Å². The van der Waals surface area contributed by atoms with Crippen LogP contribution in [0, 0.1) is 0 Å². The van der Waals surface area contributed by atoms with Gasteiger partial charge in [0.25, 0.3) is 5.91 Å². The quantitative estimate of drug-likeness (QED) is 0.885. The molecule has 1 fully saturated rings. The number of halogens is 1. The summed E-state index contributed by atoms with van der Waals surface area (Å²) in [6.45, 7) is 0.484. The fourth-order valence-electron chi connectivity index (χ4n) is 2.67. The molecule has 0 saturated carbocycles. The van der Waals surface area contributed by atoms with E-state index < -0.39 is 12.0 Å². The molecule has 0 bridgehead atoms. The molecule has 5 nitrogen and oxygen atoms in total. The van der Waals surface area contributed by atoms with Crippen molar-refractivity contribution < 1.29 is 14.7 Å². The highest BCUT2D eigenvalue weighted by Gasteiger charge is 2.35. The minimum absolute atomic E-state index is 0.266. The first-order chi connectivity index (χ1) is 9.59. The largest absolute Gasteiger partial charge is 0.480 e. The minimum atomic E-state index is -0.942. The van der Waals surface area contributed by atoms with Crippen molar-refractivity contribution in [2.24, 2.45) is 0 Å². The lowest BCUT2D eigenvalue weighted by atomic mass is 10.2. The Hall–Kier alpha value is -1.82. The lowest BCUT2D eigenvalue weighted by Gasteiger charge is -2.20. The molecule has 0 unspecified atom stereocenters. The van der Waals surface area contributed by atoms with Crippen LogP contribution in [0.2, 0.25) is 0 Å². The van der Waals surface area contributed by atoms with Crippen molar-refractivity contribution in [3.05, 3.63) is 34.4 Å². The number of carboxylic acid groups (broad SMARTS) is 1. The van der Waals surface area contributed by atoms with Gasteiger partial charge in [-0.2, -0.15) is 0 Å². The van der Waals surface area contributed by atoms with Crippen molar-refractivity contribution >= 4 is 38.7 Å². The number of carbonyl (C=O) groups is 2. The van der Waals surface area contributed by atoms with Crippen LogP contribution in [0.1, 0.15) is 23.3 Å². The standard InChI is InChI=1S/C14H13BrN2O3/c15-11-8-4-1-2-5-9(8)16-12(11)13(18)17-7-3-6-10(17)14(19)20/h1-2,4-5,10,16H,3,6-7H2,(H,19,20)/t10-/m1/s1. The van der Waals surface area contributed by atoms with E-state index in [1.807, 2.05) is 24.3 Å². The van der Waals surface area contributed by atoms with Crippen LogP contribution in [-0.2, 0) is 4.79 Å². The maximum Gasteiger partial charge on any atom is 0.326 e. The van der Waals surface area contributed by atoms with E-state index >= 15 is 0 Å². The van der Waals surface area contributed by atoms with E-state index in [1.165, 1.54) is 4.90 Å². The van der Waals surface area contributed by atoms with Gasteiger partial charge < -0.3 is 15.0 Å². The molecule has 2 N–H and O–H groups in total.